The molecule has 0 aromatic carbocycles. The van der Waals surface area contributed by atoms with Crippen LogP contribution in [0.2, 0.25) is 0 Å². The number of hydrogen-bond donors (Lipinski definition) is 0. The van der Waals surface area contributed by atoms with Crippen LogP contribution in [-0.4, -0.2) is 11.3 Å². The number of aromatic nitrogens is 1. The lowest BCUT2D eigenvalue weighted by molar-refractivity contribution is -0.107. The Balaban J connectivity index is 2.98. The maximum atomic E-state index is 12.6. The van der Waals surface area contributed by atoms with E-state index < -0.39 is 11.6 Å². The predicted octanol–water partition coefficient (Wildman–Crippen LogP) is 1.10. The van der Waals surface area contributed by atoms with E-state index >= 15 is 0 Å². The summed E-state index contributed by atoms with van der Waals surface area (Å²) in [5.41, 5.74) is -0.0265. The quantitative estimate of drug-likeness (QED) is 0.601. The summed E-state index contributed by atoms with van der Waals surface area (Å²) in [6.07, 6.45) is 1.28. The van der Waals surface area contributed by atoms with Crippen molar-refractivity contribution in [2.75, 3.05) is 0 Å². The predicted molar refractivity (Wildman–Crippen MR) is 33.9 cm³/mol. The Labute approximate surface area is 61.9 Å². The van der Waals surface area contributed by atoms with Gasteiger partial charge in [0.2, 0.25) is 0 Å². The first-order valence-corrected chi connectivity index (χ1v) is 2.97. The molecule has 0 aliphatic carbocycles. The minimum atomic E-state index is -0.780. The van der Waals surface area contributed by atoms with Crippen molar-refractivity contribution in [3.63, 3.8) is 0 Å². The second-order valence-corrected chi connectivity index (χ2v) is 1.95. The van der Waals surface area contributed by atoms with Gasteiger partial charge in [-0.05, 0) is 0 Å². The largest absolute Gasteiger partial charge is 0.303 e. The Morgan fingerprint density at radius 2 is 2.27 bits per heavy atom. The number of aldehydes is 1. The van der Waals surface area contributed by atoms with Crippen molar-refractivity contribution in [3.8, 4) is 0 Å². The number of carbonyl (C=O) groups excluding carboxylic acids is 1. The van der Waals surface area contributed by atoms with Crippen molar-refractivity contribution < 1.29 is 13.6 Å². The highest BCUT2D eigenvalue weighted by molar-refractivity contribution is 5.53. The molecule has 0 saturated heterocycles. The number of rotatable bonds is 2. The van der Waals surface area contributed by atoms with E-state index in [1.165, 1.54) is 0 Å². The normalized spacial score (nSPS) is 9.64. The molecule has 0 spiro atoms. The molecule has 0 N–H and O–H groups in total. The molecule has 0 fully saturated rings. The van der Waals surface area contributed by atoms with Crippen LogP contribution in [0.15, 0.2) is 12.3 Å². The fourth-order valence-electron chi connectivity index (χ4n) is 0.672. The molecule has 0 saturated carbocycles. The second-order valence-electron chi connectivity index (χ2n) is 1.95. The van der Waals surface area contributed by atoms with Gasteiger partial charge in [0.05, 0.1) is 11.9 Å². The van der Waals surface area contributed by atoms with Gasteiger partial charge in [-0.3, -0.25) is 4.98 Å². The Morgan fingerprint density at radius 1 is 1.55 bits per heavy atom. The third-order valence-corrected chi connectivity index (χ3v) is 1.16. The summed E-state index contributed by atoms with van der Waals surface area (Å²) in [4.78, 5) is 13.3. The zero-order valence-corrected chi connectivity index (χ0v) is 5.55. The molecule has 0 aliphatic heterocycles. The van der Waals surface area contributed by atoms with Crippen molar-refractivity contribution in [1.29, 1.82) is 0 Å². The van der Waals surface area contributed by atoms with Crippen LogP contribution >= 0.6 is 0 Å². The molecule has 0 atom stereocenters. The highest BCUT2D eigenvalue weighted by Crippen LogP contribution is 2.04. The van der Waals surface area contributed by atoms with E-state index in [0.29, 0.717) is 12.4 Å². The molecule has 0 unspecified atom stereocenters. The molecule has 11 heavy (non-hydrogen) atoms. The average Bonchev–Trinajstić information content (AvgIpc) is 1.95. The van der Waals surface area contributed by atoms with Crippen molar-refractivity contribution in [3.05, 3.63) is 29.6 Å². The molecule has 0 bridgehead atoms. The van der Waals surface area contributed by atoms with Gasteiger partial charge in [0.1, 0.15) is 17.9 Å². The van der Waals surface area contributed by atoms with E-state index in [0.717, 1.165) is 6.20 Å². The third kappa shape index (κ3) is 1.80. The van der Waals surface area contributed by atoms with Crippen molar-refractivity contribution >= 4 is 6.29 Å². The van der Waals surface area contributed by atoms with E-state index in [4.69, 9.17) is 0 Å². The van der Waals surface area contributed by atoms with Crippen LogP contribution < -0.4 is 0 Å². The Bertz CT molecular complexity index is 275. The number of hydrogen-bond acceptors (Lipinski definition) is 2. The fourth-order valence-corrected chi connectivity index (χ4v) is 0.672. The van der Waals surface area contributed by atoms with E-state index in [1.807, 2.05) is 0 Å². The Hall–Kier alpha value is -1.32. The smallest absolute Gasteiger partial charge is 0.148 e. The van der Waals surface area contributed by atoms with Crippen LogP contribution in [0, 0.1) is 11.6 Å². The van der Waals surface area contributed by atoms with Crippen LogP contribution in [0.4, 0.5) is 8.78 Å². The van der Waals surface area contributed by atoms with E-state index in [2.05, 4.69) is 4.98 Å². The van der Waals surface area contributed by atoms with Crippen LogP contribution in [0.1, 0.15) is 5.69 Å². The maximum absolute atomic E-state index is 12.6. The van der Waals surface area contributed by atoms with Gasteiger partial charge in [-0.15, -0.1) is 0 Å². The van der Waals surface area contributed by atoms with Gasteiger partial charge in [0.15, 0.2) is 0 Å². The Kier molecular flexibility index (Phi) is 2.25. The standard InChI is InChI=1S/C7H5F2NO/c8-5-3-6(9)7(1-2-11)10-4-5/h2-4H,1H2. The molecule has 1 aromatic rings. The zero-order chi connectivity index (χ0) is 8.27. The van der Waals surface area contributed by atoms with Crippen molar-refractivity contribution in [1.82, 2.24) is 4.98 Å². The van der Waals surface area contributed by atoms with Crippen molar-refractivity contribution in [2.45, 2.75) is 6.42 Å². The lowest BCUT2D eigenvalue weighted by Gasteiger charge is -1.95. The number of halogens is 2. The highest BCUT2D eigenvalue weighted by Gasteiger charge is 2.03. The highest BCUT2D eigenvalue weighted by atomic mass is 19.1. The number of pyridine rings is 1. The van der Waals surface area contributed by atoms with Gasteiger partial charge >= 0.3 is 0 Å². The minimum Gasteiger partial charge on any atom is -0.303 e. The molecule has 0 aliphatic rings. The van der Waals surface area contributed by atoms with Gasteiger partial charge in [0.25, 0.3) is 0 Å². The van der Waals surface area contributed by atoms with Gasteiger partial charge < -0.3 is 4.79 Å². The van der Waals surface area contributed by atoms with Gasteiger partial charge in [0, 0.05) is 12.5 Å². The monoisotopic (exact) mass is 157 g/mol. The fraction of sp³-hybridized carbons (Fsp3) is 0.143. The molecule has 1 aromatic heterocycles. The SMILES string of the molecule is O=CCc1ncc(F)cc1F. The van der Waals surface area contributed by atoms with Gasteiger partial charge in [-0.25, -0.2) is 8.78 Å². The van der Waals surface area contributed by atoms with Crippen LogP contribution in [-0.2, 0) is 11.2 Å². The van der Waals surface area contributed by atoms with Crippen molar-refractivity contribution in [2.24, 2.45) is 0 Å². The minimum absolute atomic E-state index is 0.0265. The number of carbonyl (C=O) groups is 1. The molecule has 2 nitrogen and oxygen atoms in total. The van der Waals surface area contributed by atoms with E-state index in [-0.39, 0.29) is 12.1 Å². The zero-order valence-electron chi connectivity index (χ0n) is 5.55. The first kappa shape index (κ1) is 7.78. The topological polar surface area (TPSA) is 30.0 Å². The summed E-state index contributed by atoms with van der Waals surface area (Å²) in [6, 6.07) is 0.700. The number of nitrogens with zero attached hydrogens (tertiary/aromatic N) is 1. The van der Waals surface area contributed by atoms with E-state index in [1.54, 1.807) is 0 Å². The molecule has 58 valence electrons. The Morgan fingerprint density at radius 3 is 2.82 bits per heavy atom. The summed E-state index contributed by atoms with van der Waals surface area (Å²) in [5.74, 6) is -1.52. The van der Waals surface area contributed by atoms with Crippen LogP contribution in [0.5, 0.6) is 0 Å². The summed E-state index contributed by atoms with van der Waals surface area (Å²) in [6.45, 7) is 0. The van der Waals surface area contributed by atoms with Crippen LogP contribution in [0.25, 0.3) is 0 Å². The third-order valence-electron chi connectivity index (χ3n) is 1.16. The molecule has 1 rings (SSSR count). The van der Waals surface area contributed by atoms with Crippen LogP contribution in [0.3, 0.4) is 0 Å². The molecular weight excluding hydrogens is 152 g/mol. The summed E-state index contributed by atoms with van der Waals surface area (Å²) in [5, 5.41) is 0. The molecule has 0 radical (unpaired) electrons. The maximum Gasteiger partial charge on any atom is 0.148 e. The lowest BCUT2D eigenvalue weighted by atomic mass is 10.3. The molecule has 0 amide bonds. The second kappa shape index (κ2) is 3.18. The first-order chi connectivity index (χ1) is 5.24. The molecule has 1 heterocycles. The molecular formula is C7H5F2NO. The summed E-state index contributed by atoms with van der Waals surface area (Å²) < 4.78 is 24.8. The summed E-state index contributed by atoms with van der Waals surface area (Å²) in [7, 11) is 0. The van der Waals surface area contributed by atoms with E-state index in [9.17, 15) is 13.6 Å². The average molecular weight is 157 g/mol. The van der Waals surface area contributed by atoms with Gasteiger partial charge in [-0.2, -0.15) is 0 Å². The van der Waals surface area contributed by atoms with Gasteiger partial charge in [-0.1, -0.05) is 0 Å². The molecule has 4 heteroatoms. The first-order valence-electron chi connectivity index (χ1n) is 2.97. The summed E-state index contributed by atoms with van der Waals surface area (Å²) >= 11 is 0. The lowest BCUT2D eigenvalue weighted by Crippen LogP contribution is -1.96.